The number of hydrogen-bond donors (Lipinski definition) is 0. The summed E-state index contributed by atoms with van der Waals surface area (Å²) in [7, 11) is 0. The Kier molecular flexibility index (Phi) is 3.64. The van der Waals surface area contributed by atoms with Crippen LogP contribution in [0, 0.1) is 12.7 Å². The monoisotopic (exact) mass is 402 g/mol. The summed E-state index contributed by atoms with van der Waals surface area (Å²) in [6, 6.07) is 9.03. The van der Waals surface area contributed by atoms with Gasteiger partial charge in [0, 0.05) is 4.47 Å². The lowest BCUT2D eigenvalue weighted by atomic mass is 10.1. The molecule has 0 bridgehead atoms. The van der Waals surface area contributed by atoms with E-state index < -0.39 is 29.7 Å². The number of hydrogen-bond acceptors (Lipinski definition) is 5. The lowest BCUT2D eigenvalue weighted by Crippen LogP contribution is -2.39. The van der Waals surface area contributed by atoms with Crippen molar-refractivity contribution < 1.29 is 14.0 Å². The summed E-state index contributed by atoms with van der Waals surface area (Å²) < 4.78 is 14.1. The number of imide groups is 1. The third-order valence-electron chi connectivity index (χ3n) is 4.27. The fraction of sp³-hybridized carbons (Fsp3) is 0.176. The van der Waals surface area contributed by atoms with Crippen molar-refractivity contribution in [2.24, 2.45) is 10.3 Å². The molecule has 0 radical (unpaired) electrons. The van der Waals surface area contributed by atoms with Crippen molar-refractivity contribution in [2.45, 2.75) is 19.0 Å². The summed E-state index contributed by atoms with van der Waals surface area (Å²) >= 11 is 3.43. The second-order valence-corrected chi connectivity index (χ2v) is 6.72. The maximum atomic E-state index is 13.1. The largest absolute Gasteiger partial charge is 0.271 e. The van der Waals surface area contributed by atoms with Crippen LogP contribution in [0.15, 0.2) is 57.3 Å². The molecule has 2 aliphatic rings. The summed E-state index contributed by atoms with van der Waals surface area (Å²) in [5.74, 6) is -1.32. The molecule has 0 aliphatic carbocycles. The van der Waals surface area contributed by atoms with Crippen molar-refractivity contribution in [1.82, 2.24) is 0 Å². The zero-order valence-corrected chi connectivity index (χ0v) is 14.6. The number of fused-ring (bicyclic) bond motifs is 1. The van der Waals surface area contributed by atoms with Gasteiger partial charge in [-0.05, 0) is 55.0 Å². The van der Waals surface area contributed by atoms with E-state index >= 15 is 0 Å². The van der Waals surface area contributed by atoms with Crippen LogP contribution < -0.4 is 9.91 Å². The lowest BCUT2D eigenvalue weighted by Gasteiger charge is -2.21. The molecule has 8 heteroatoms. The number of rotatable bonds is 2. The van der Waals surface area contributed by atoms with Gasteiger partial charge < -0.3 is 0 Å². The van der Waals surface area contributed by atoms with Crippen LogP contribution in [0.4, 0.5) is 15.8 Å². The van der Waals surface area contributed by atoms with Crippen molar-refractivity contribution in [3.63, 3.8) is 0 Å². The highest BCUT2D eigenvalue weighted by Crippen LogP contribution is 2.35. The number of nitrogens with zero attached hydrogens (tertiary/aromatic N) is 4. The zero-order valence-electron chi connectivity index (χ0n) is 13.1. The number of benzene rings is 2. The smallest absolute Gasteiger partial charge is 0.263 e. The Hall–Kier alpha value is -2.61. The van der Waals surface area contributed by atoms with Crippen LogP contribution in [0.1, 0.15) is 5.56 Å². The Bertz CT molecular complexity index is 915. The Labute approximate surface area is 151 Å². The molecule has 2 aliphatic heterocycles. The van der Waals surface area contributed by atoms with Gasteiger partial charge in [0.1, 0.15) is 5.82 Å². The van der Waals surface area contributed by atoms with E-state index in [4.69, 9.17) is 0 Å². The van der Waals surface area contributed by atoms with Gasteiger partial charge in [0.15, 0.2) is 12.1 Å². The van der Waals surface area contributed by atoms with Crippen LogP contribution in [0.5, 0.6) is 0 Å². The van der Waals surface area contributed by atoms with Crippen molar-refractivity contribution in [1.29, 1.82) is 0 Å². The molecule has 2 aromatic carbocycles. The summed E-state index contributed by atoms with van der Waals surface area (Å²) in [6.45, 7) is 1.92. The van der Waals surface area contributed by atoms with Gasteiger partial charge in [-0.25, -0.2) is 14.3 Å². The summed E-state index contributed by atoms with van der Waals surface area (Å²) in [6.07, 6.45) is 0. The highest BCUT2D eigenvalue weighted by atomic mass is 79.9. The molecule has 6 nitrogen and oxygen atoms in total. The first kappa shape index (κ1) is 15.9. The van der Waals surface area contributed by atoms with E-state index in [2.05, 4.69) is 26.3 Å². The molecule has 2 heterocycles. The van der Waals surface area contributed by atoms with Gasteiger partial charge in [0.05, 0.1) is 11.4 Å². The molecule has 1 saturated heterocycles. The van der Waals surface area contributed by atoms with E-state index in [1.165, 1.54) is 29.3 Å². The second-order valence-electron chi connectivity index (χ2n) is 5.86. The average Bonchev–Trinajstić information content (AvgIpc) is 3.13. The van der Waals surface area contributed by atoms with E-state index in [9.17, 15) is 14.0 Å². The first-order valence-corrected chi connectivity index (χ1v) is 8.36. The number of carbonyl (C=O) groups is 2. The lowest BCUT2D eigenvalue weighted by molar-refractivity contribution is -0.121. The van der Waals surface area contributed by atoms with E-state index in [-0.39, 0.29) is 0 Å². The minimum absolute atomic E-state index is 0.327. The van der Waals surface area contributed by atoms with Gasteiger partial charge in [-0.2, -0.15) is 5.11 Å². The van der Waals surface area contributed by atoms with Crippen molar-refractivity contribution >= 4 is 39.1 Å². The Morgan fingerprint density at radius 3 is 2.40 bits per heavy atom. The number of halogens is 2. The molecule has 0 saturated carbocycles. The van der Waals surface area contributed by atoms with Crippen LogP contribution >= 0.6 is 15.9 Å². The van der Waals surface area contributed by atoms with Gasteiger partial charge in [-0.1, -0.05) is 21.2 Å². The molecule has 2 amide bonds. The van der Waals surface area contributed by atoms with E-state index in [0.29, 0.717) is 11.4 Å². The van der Waals surface area contributed by atoms with Gasteiger partial charge in [-0.15, -0.1) is 0 Å². The Balaban J connectivity index is 1.70. The quantitative estimate of drug-likeness (QED) is 0.723. The minimum Gasteiger partial charge on any atom is -0.271 e. The fourth-order valence-electron chi connectivity index (χ4n) is 2.99. The molecule has 2 atom stereocenters. The van der Waals surface area contributed by atoms with Crippen molar-refractivity contribution in [2.75, 3.05) is 9.91 Å². The average molecular weight is 403 g/mol. The SMILES string of the molecule is Cc1cc(N2N=N[C@H]3C(=O)N(c4ccc(F)cc4)C(=O)[C@@H]32)ccc1Br. The van der Waals surface area contributed by atoms with Gasteiger partial charge in [0.25, 0.3) is 11.8 Å². The van der Waals surface area contributed by atoms with Crippen molar-refractivity contribution in [3.8, 4) is 0 Å². The van der Waals surface area contributed by atoms with Crippen LogP contribution in [0.25, 0.3) is 0 Å². The standard InChI is InChI=1S/C17H12BrFN4O2/c1-9-8-12(6-7-13(9)18)23-15-14(20-21-23)16(24)22(17(15)25)11-4-2-10(19)3-5-11/h2-8,14-15H,1H3/t14-,15-/m1/s1. The molecule has 25 heavy (non-hydrogen) atoms. The molecule has 0 unspecified atom stereocenters. The predicted octanol–water partition coefficient (Wildman–Crippen LogP) is 3.39. The molecule has 1 fully saturated rings. The normalized spacial score (nSPS) is 22.0. The highest BCUT2D eigenvalue weighted by molar-refractivity contribution is 9.10. The Morgan fingerprint density at radius 2 is 1.72 bits per heavy atom. The van der Waals surface area contributed by atoms with E-state index in [1.54, 1.807) is 6.07 Å². The third-order valence-corrected chi connectivity index (χ3v) is 5.16. The molecule has 2 aromatic rings. The van der Waals surface area contributed by atoms with Crippen LogP contribution in [0.3, 0.4) is 0 Å². The number of amides is 2. The first-order chi connectivity index (χ1) is 12.0. The summed E-state index contributed by atoms with van der Waals surface area (Å²) in [5, 5.41) is 9.47. The highest BCUT2D eigenvalue weighted by Gasteiger charge is 2.55. The number of carbonyl (C=O) groups excluding carboxylic acids is 2. The summed E-state index contributed by atoms with van der Waals surface area (Å²) in [4.78, 5) is 26.5. The fourth-order valence-corrected chi connectivity index (χ4v) is 3.24. The van der Waals surface area contributed by atoms with Crippen LogP contribution in [0.2, 0.25) is 0 Å². The molecule has 0 spiro atoms. The number of anilines is 2. The zero-order chi connectivity index (χ0) is 17.7. The molecule has 0 aromatic heterocycles. The Morgan fingerprint density at radius 1 is 1.04 bits per heavy atom. The van der Waals surface area contributed by atoms with Crippen molar-refractivity contribution in [3.05, 3.63) is 58.3 Å². The molecule has 4 rings (SSSR count). The van der Waals surface area contributed by atoms with Gasteiger partial charge in [0.2, 0.25) is 0 Å². The molecule has 0 N–H and O–H groups in total. The first-order valence-electron chi connectivity index (χ1n) is 7.57. The second kappa shape index (κ2) is 5.73. The van der Waals surface area contributed by atoms with Crippen LogP contribution in [-0.4, -0.2) is 23.9 Å². The number of aryl methyl sites for hydroxylation is 1. The summed E-state index contributed by atoms with van der Waals surface area (Å²) in [5.41, 5.74) is 1.98. The third kappa shape index (κ3) is 2.44. The predicted molar refractivity (Wildman–Crippen MR) is 92.7 cm³/mol. The topological polar surface area (TPSA) is 65.3 Å². The van der Waals surface area contributed by atoms with Gasteiger partial charge >= 0.3 is 0 Å². The molecular weight excluding hydrogens is 391 g/mol. The van der Waals surface area contributed by atoms with Gasteiger partial charge in [-0.3, -0.25) is 9.59 Å². The maximum absolute atomic E-state index is 13.1. The van der Waals surface area contributed by atoms with Crippen LogP contribution in [-0.2, 0) is 9.59 Å². The molecule has 126 valence electrons. The maximum Gasteiger partial charge on any atom is 0.263 e. The molecular formula is C17H12BrFN4O2. The minimum atomic E-state index is -0.887. The van der Waals surface area contributed by atoms with E-state index in [1.807, 2.05) is 19.1 Å². The van der Waals surface area contributed by atoms with E-state index in [0.717, 1.165) is 14.9 Å².